The molecule has 4 rings (SSSR count). The first-order valence-electron chi connectivity index (χ1n) is 7.90. The molecule has 2 aliphatic heterocycles. The number of aromatic nitrogens is 1. The molecular weight excluding hydrogens is 322 g/mol. The summed E-state index contributed by atoms with van der Waals surface area (Å²) < 4.78 is 22.8. The number of Topliss-reactive ketones (excluding diaryl/α,β-unsaturated/α-hetero) is 1. The molecule has 6 nitrogen and oxygen atoms in total. The Bertz CT molecular complexity index is 958. The smallest absolute Gasteiger partial charge is 0.204 e. The van der Waals surface area contributed by atoms with Crippen LogP contribution in [0.3, 0.4) is 0 Å². The summed E-state index contributed by atoms with van der Waals surface area (Å²) in [5.74, 6) is 2.83. The van der Waals surface area contributed by atoms with Crippen molar-refractivity contribution in [3.05, 3.63) is 35.7 Å². The fraction of sp³-hybridized carbons (Fsp3) is 0.263. The van der Waals surface area contributed by atoms with Crippen LogP contribution >= 0.6 is 0 Å². The number of carbonyl (C=O) groups excluding carboxylic acids is 1. The van der Waals surface area contributed by atoms with Gasteiger partial charge in [0.2, 0.25) is 5.75 Å². The quantitative estimate of drug-likeness (QED) is 0.854. The first kappa shape index (κ1) is 15.5. The van der Waals surface area contributed by atoms with Gasteiger partial charge in [0.1, 0.15) is 23.0 Å². The number of hydrogen-bond acceptors (Lipinski definition) is 6. The number of methoxy groups -OCH3 is 3. The summed E-state index contributed by atoms with van der Waals surface area (Å²) in [6.07, 6.45) is 5.87. The van der Waals surface area contributed by atoms with E-state index in [9.17, 15) is 4.79 Å². The molecule has 25 heavy (non-hydrogen) atoms. The van der Waals surface area contributed by atoms with E-state index in [1.54, 1.807) is 39.7 Å². The van der Waals surface area contributed by atoms with Crippen molar-refractivity contribution in [2.24, 2.45) is 0 Å². The summed E-state index contributed by atoms with van der Waals surface area (Å²) in [6, 6.07) is 1.88. The van der Waals surface area contributed by atoms with Gasteiger partial charge in [0, 0.05) is 29.8 Å². The number of allylic oxidation sites excluding steroid dienone is 2. The lowest BCUT2D eigenvalue weighted by atomic mass is 9.94. The SMILES string of the molecule is COc1c(OC)c2c3c(nccc3c1OC)/C1=C/CC(=O)C/C=C/2O1. The maximum absolute atomic E-state index is 12.0. The van der Waals surface area contributed by atoms with Crippen LogP contribution in [0.15, 0.2) is 24.4 Å². The molecule has 1 aromatic heterocycles. The van der Waals surface area contributed by atoms with Crippen LogP contribution in [-0.2, 0) is 9.53 Å². The zero-order chi connectivity index (χ0) is 17.6. The van der Waals surface area contributed by atoms with Crippen LogP contribution in [0.4, 0.5) is 0 Å². The van der Waals surface area contributed by atoms with Gasteiger partial charge in [-0.05, 0) is 18.2 Å². The number of fused-ring (bicyclic) bond motifs is 4. The molecule has 0 aliphatic carbocycles. The van der Waals surface area contributed by atoms with Crippen molar-refractivity contribution >= 4 is 28.1 Å². The molecule has 0 radical (unpaired) electrons. The average Bonchev–Trinajstić information content (AvgIpc) is 2.63. The largest absolute Gasteiger partial charge is 0.492 e. The standard InChI is InChI=1S/C19H17NO5/c1-22-17-11-8-9-20-16-13-7-5-10(21)4-6-12(25-13)15(14(11)16)18(23-2)19(17)24-3/h6-9H,4-5H2,1-3H3/b12-6-,13-7-. The summed E-state index contributed by atoms with van der Waals surface area (Å²) in [6.45, 7) is 0. The van der Waals surface area contributed by atoms with Crippen molar-refractivity contribution in [1.29, 1.82) is 0 Å². The predicted molar refractivity (Wildman–Crippen MR) is 92.7 cm³/mol. The van der Waals surface area contributed by atoms with Crippen LogP contribution in [0.5, 0.6) is 17.2 Å². The van der Waals surface area contributed by atoms with Gasteiger partial charge in [-0.15, -0.1) is 0 Å². The number of nitrogens with zero attached hydrogens (tertiary/aromatic N) is 1. The second kappa shape index (κ2) is 5.81. The third kappa shape index (κ3) is 2.17. The lowest BCUT2D eigenvalue weighted by molar-refractivity contribution is -0.117. The zero-order valence-electron chi connectivity index (χ0n) is 14.2. The fourth-order valence-corrected chi connectivity index (χ4v) is 3.36. The third-order valence-corrected chi connectivity index (χ3v) is 4.43. The van der Waals surface area contributed by atoms with Crippen molar-refractivity contribution in [3.63, 3.8) is 0 Å². The number of hydrogen-bond donors (Lipinski definition) is 0. The number of benzene rings is 1. The summed E-state index contributed by atoms with van der Waals surface area (Å²) in [4.78, 5) is 16.4. The topological polar surface area (TPSA) is 66.9 Å². The van der Waals surface area contributed by atoms with Crippen LogP contribution in [0.1, 0.15) is 24.1 Å². The zero-order valence-corrected chi connectivity index (χ0v) is 14.2. The Balaban J connectivity index is 2.21. The Kier molecular flexibility index (Phi) is 3.60. The lowest BCUT2D eigenvalue weighted by Crippen LogP contribution is -2.11. The summed E-state index contributed by atoms with van der Waals surface area (Å²) in [5.41, 5.74) is 1.39. The number of pyridine rings is 1. The van der Waals surface area contributed by atoms with Gasteiger partial charge in [0.05, 0.1) is 26.9 Å². The van der Waals surface area contributed by atoms with Gasteiger partial charge >= 0.3 is 0 Å². The van der Waals surface area contributed by atoms with Gasteiger partial charge < -0.3 is 18.9 Å². The van der Waals surface area contributed by atoms with E-state index >= 15 is 0 Å². The Morgan fingerprint density at radius 1 is 0.960 bits per heavy atom. The van der Waals surface area contributed by atoms with Gasteiger partial charge in [-0.2, -0.15) is 0 Å². The molecule has 0 amide bonds. The maximum Gasteiger partial charge on any atom is 0.204 e. The second-order valence-electron chi connectivity index (χ2n) is 5.74. The first-order chi connectivity index (χ1) is 12.2. The first-order valence-corrected chi connectivity index (χ1v) is 7.90. The third-order valence-electron chi connectivity index (χ3n) is 4.43. The van der Waals surface area contributed by atoms with E-state index in [-0.39, 0.29) is 5.78 Å². The number of ether oxygens (including phenoxy) is 4. The average molecular weight is 339 g/mol. The molecule has 0 spiro atoms. The van der Waals surface area contributed by atoms with Crippen molar-refractivity contribution in [2.75, 3.05) is 21.3 Å². The molecule has 3 heterocycles. The number of carbonyl (C=O) groups is 1. The minimum atomic E-state index is 0.119. The van der Waals surface area contributed by atoms with E-state index in [0.717, 1.165) is 16.3 Å². The van der Waals surface area contributed by atoms with E-state index in [4.69, 9.17) is 18.9 Å². The van der Waals surface area contributed by atoms with Gasteiger partial charge in [0.25, 0.3) is 0 Å². The molecule has 2 aliphatic rings. The molecule has 6 heteroatoms. The summed E-state index contributed by atoms with van der Waals surface area (Å²) in [5, 5.41) is 1.72. The highest BCUT2D eigenvalue weighted by atomic mass is 16.5. The van der Waals surface area contributed by atoms with Crippen LogP contribution in [0.25, 0.3) is 22.3 Å². The highest BCUT2D eigenvalue weighted by Crippen LogP contribution is 2.53. The molecule has 2 aromatic rings. The molecule has 128 valence electrons. The molecule has 0 fully saturated rings. The van der Waals surface area contributed by atoms with Crippen molar-refractivity contribution in [2.45, 2.75) is 12.8 Å². The highest BCUT2D eigenvalue weighted by molar-refractivity contribution is 6.09. The summed E-state index contributed by atoms with van der Waals surface area (Å²) >= 11 is 0. The number of rotatable bonds is 3. The molecule has 0 atom stereocenters. The van der Waals surface area contributed by atoms with Gasteiger partial charge in [-0.25, -0.2) is 0 Å². The molecule has 0 N–H and O–H groups in total. The van der Waals surface area contributed by atoms with E-state index in [1.807, 2.05) is 6.07 Å². The Hall–Kier alpha value is -3.02. The highest BCUT2D eigenvalue weighted by Gasteiger charge is 2.32. The summed E-state index contributed by atoms with van der Waals surface area (Å²) in [7, 11) is 4.72. The molecule has 0 saturated heterocycles. The van der Waals surface area contributed by atoms with Crippen molar-refractivity contribution < 1.29 is 23.7 Å². The minimum Gasteiger partial charge on any atom is -0.492 e. The molecule has 0 saturated carbocycles. The number of ketones is 1. The van der Waals surface area contributed by atoms with E-state index < -0.39 is 0 Å². The predicted octanol–water partition coefficient (Wildman–Crippen LogP) is 3.34. The normalized spacial score (nSPS) is 19.7. The Labute approximate surface area is 144 Å². The second-order valence-corrected chi connectivity index (χ2v) is 5.74. The van der Waals surface area contributed by atoms with Gasteiger partial charge in [-0.3, -0.25) is 9.78 Å². The monoisotopic (exact) mass is 339 g/mol. The minimum absolute atomic E-state index is 0.119. The lowest BCUT2D eigenvalue weighted by Gasteiger charge is -2.27. The molecule has 1 aromatic carbocycles. The van der Waals surface area contributed by atoms with E-state index in [1.165, 1.54) is 0 Å². The van der Waals surface area contributed by atoms with Crippen LogP contribution in [-0.4, -0.2) is 32.1 Å². The van der Waals surface area contributed by atoms with E-state index in [0.29, 0.717) is 47.3 Å². The van der Waals surface area contributed by atoms with Crippen molar-refractivity contribution in [3.8, 4) is 17.2 Å². The van der Waals surface area contributed by atoms with Crippen LogP contribution in [0, 0.1) is 0 Å². The fourth-order valence-electron chi connectivity index (χ4n) is 3.36. The molecule has 0 unspecified atom stereocenters. The van der Waals surface area contributed by atoms with Gasteiger partial charge in [0.15, 0.2) is 11.5 Å². The Morgan fingerprint density at radius 2 is 1.64 bits per heavy atom. The maximum atomic E-state index is 12.0. The van der Waals surface area contributed by atoms with Crippen molar-refractivity contribution in [1.82, 2.24) is 4.98 Å². The van der Waals surface area contributed by atoms with Gasteiger partial charge in [-0.1, -0.05) is 0 Å². The Morgan fingerprint density at radius 3 is 2.32 bits per heavy atom. The molecular formula is C19H17NO5. The van der Waals surface area contributed by atoms with E-state index in [2.05, 4.69) is 4.98 Å². The van der Waals surface area contributed by atoms with Crippen LogP contribution < -0.4 is 14.2 Å². The van der Waals surface area contributed by atoms with Crippen LogP contribution in [0.2, 0.25) is 0 Å². The molecule has 2 bridgehead atoms.